The molecule has 2 heterocycles. The number of benzene rings is 2. The van der Waals surface area contributed by atoms with Crippen molar-refractivity contribution in [3.05, 3.63) is 71.8 Å². The lowest BCUT2D eigenvalue weighted by molar-refractivity contribution is -0.118. The molecule has 0 aliphatic heterocycles. The summed E-state index contributed by atoms with van der Waals surface area (Å²) in [6.45, 7) is 2.17. The number of rotatable bonds is 8. The summed E-state index contributed by atoms with van der Waals surface area (Å²) >= 11 is 1.36. The number of hydrogen-bond acceptors (Lipinski definition) is 6. The number of amides is 1. The van der Waals surface area contributed by atoms with Crippen molar-refractivity contribution in [1.29, 1.82) is 0 Å². The Hall–Kier alpha value is -3.59. The highest BCUT2D eigenvalue weighted by molar-refractivity contribution is 7.99. The van der Waals surface area contributed by atoms with Gasteiger partial charge in [-0.3, -0.25) is 4.79 Å². The van der Waals surface area contributed by atoms with Crippen LogP contribution in [0, 0.1) is 12.7 Å². The minimum Gasteiger partial charge on any atom is -0.493 e. The first-order valence-corrected chi connectivity index (χ1v) is 11.2. The normalized spacial score (nSPS) is 10.9. The zero-order chi connectivity index (χ0) is 23.4. The van der Waals surface area contributed by atoms with Crippen molar-refractivity contribution in [3.63, 3.8) is 0 Å². The topological polar surface area (TPSA) is 77.8 Å². The van der Waals surface area contributed by atoms with Crippen LogP contribution in [0.1, 0.15) is 11.3 Å². The molecule has 0 aliphatic carbocycles. The molecule has 0 spiro atoms. The van der Waals surface area contributed by atoms with Crippen LogP contribution in [0.15, 0.2) is 59.8 Å². The van der Waals surface area contributed by atoms with E-state index in [2.05, 4.69) is 15.4 Å². The minimum absolute atomic E-state index is 0.154. The predicted octanol–water partition coefficient (Wildman–Crippen LogP) is 4.27. The van der Waals surface area contributed by atoms with Gasteiger partial charge in [0.05, 0.1) is 26.2 Å². The lowest BCUT2D eigenvalue weighted by Gasteiger charge is -2.10. The average Bonchev–Trinajstić information content (AvgIpc) is 3.24. The van der Waals surface area contributed by atoms with Crippen molar-refractivity contribution in [3.8, 4) is 22.6 Å². The first-order chi connectivity index (χ1) is 16.0. The lowest BCUT2D eigenvalue weighted by atomic mass is 10.1. The Labute approximate surface area is 194 Å². The van der Waals surface area contributed by atoms with Gasteiger partial charge in [0, 0.05) is 17.8 Å². The van der Waals surface area contributed by atoms with E-state index in [4.69, 9.17) is 9.47 Å². The Bertz CT molecular complexity index is 1310. The van der Waals surface area contributed by atoms with E-state index in [1.807, 2.05) is 31.2 Å². The highest BCUT2D eigenvalue weighted by atomic mass is 32.2. The maximum atomic E-state index is 13.3. The molecule has 0 aliphatic rings. The fourth-order valence-electron chi connectivity index (χ4n) is 3.40. The van der Waals surface area contributed by atoms with Gasteiger partial charge in [-0.2, -0.15) is 5.10 Å². The summed E-state index contributed by atoms with van der Waals surface area (Å²) < 4.78 is 25.8. The fraction of sp³-hybridized carbons (Fsp3) is 0.208. The van der Waals surface area contributed by atoms with Gasteiger partial charge in [0.1, 0.15) is 10.8 Å². The molecule has 1 amide bonds. The molecule has 33 heavy (non-hydrogen) atoms. The first kappa shape index (κ1) is 22.6. The van der Waals surface area contributed by atoms with Gasteiger partial charge in [0.15, 0.2) is 17.1 Å². The second-order valence-electron chi connectivity index (χ2n) is 7.29. The molecule has 0 radical (unpaired) electrons. The van der Waals surface area contributed by atoms with Gasteiger partial charge in [0.25, 0.3) is 0 Å². The van der Waals surface area contributed by atoms with Crippen molar-refractivity contribution in [1.82, 2.24) is 19.9 Å². The quantitative estimate of drug-likeness (QED) is 0.309. The Morgan fingerprint density at radius 1 is 1.12 bits per heavy atom. The Kier molecular flexibility index (Phi) is 6.79. The third kappa shape index (κ3) is 5.09. The molecule has 4 aromatic rings. The van der Waals surface area contributed by atoms with Crippen LogP contribution in [0.4, 0.5) is 4.39 Å². The Balaban J connectivity index is 1.52. The zero-order valence-electron chi connectivity index (χ0n) is 18.5. The van der Waals surface area contributed by atoms with Gasteiger partial charge >= 0.3 is 0 Å². The Morgan fingerprint density at radius 2 is 1.94 bits per heavy atom. The summed E-state index contributed by atoms with van der Waals surface area (Å²) in [5, 5.41) is 8.12. The SMILES string of the molecule is COc1ccc(-c2cnn3c(SCC(=O)NCc4cccc(F)c4)cc(C)nc23)cc1OC. The van der Waals surface area contributed by atoms with Crippen molar-refractivity contribution in [2.75, 3.05) is 20.0 Å². The summed E-state index contributed by atoms with van der Waals surface area (Å²) in [6, 6.07) is 13.7. The second-order valence-corrected chi connectivity index (χ2v) is 8.29. The van der Waals surface area contributed by atoms with Crippen LogP contribution in [0.2, 0.25) is 0 Å². The number of halogens is 1. The second kappa shape index (κ2) is 9.91. The molecule has 170 valence electrons. The highest BCUT2D eigenvalue weighted by Gasteiger charge is 2.15. The number of fused-ring (bicyclic) bond motifs is 1. The number of nitrogens with one attached hydrogen (secondary N) is 1. The molecule has 0 unspecified atom stereocenters. The highest BCUT2D eigenvalue weighted by Crippen LogP contribution is 2.34. The summed E-state index contributed by atoms with van der Waals surface area (Å²) in [7, 11) is 3.18. The fourth-order valence-corrected chi connectivity index (χ4v) is 4.29. The molecule has 0 bridgehead atoms. The maximum Gasteiger partial charge on any atom is 0.230 e. The van der Waals surface area contributed by atoms with E-state index in [-0.39, 0.29) is 24.0 Å². The summed E-state index contributed by atoms with van der Waals surface area (Å²) in [5.74, 6) is 0.974. The van der Waals surface area contributed by atoms with Crippen LogP contribution < -0.4 is 14.8 Å². The molecular weight excluding hydrogens is 443 g/mol. The molecule has 7 nitrogen and oxygen atoms in total. The molecule has 0 fully saturated rings. The monoisotopic (exact) mass is 466 g/mol. The van der Waals surface area contributed by atoms with Crippen molar-refractivity contribution in [2.24, 2.45) is 0 Å². The van der Waals surface area contributed by atoms with Crippen LogP contribution in [-0.2, 0) is 11.3 Å². The van der Waals surface area contributed by atoms with Gasteiger partial charge < -0.3 is 14.8 Å². The number of carbonyl (C=O) groups excluding carboxylic acids is 1. The molecule has 9 heteroatoms. The number of nitrogens with zero attached hydrogens (tertiary/aromatic N) is 3. The van der Waals surface area contributed by atoms with Crippen LogP contribution in [-0.4, -0.2) is 40.5 Å². The number of carbonyl (C=O) groups is 1. The third-order valence-electron chi connectivity index (χ3n) is 4.99. The summed E-state index contributed by atoms with van der Waals surface area (Å²) in [5.41, 5.74) is 3.95. The number of aryl methyl sites for hydroxylation is 1. The van der Waals surface area contributed by atoms with Crippen LogP contribution in [0.3, 0.4) is 0 Å². The maximum absolute atomic E-state index is 13.3. The van der Waals surface area contributed by atoms with Gasteiger partial charge in [-0.1, -0.05) is 30.0 Å². The molecule has 0 atom stereocenters. The summed E-state index contributed by atoms with van der Waals surface area (Å²) in [6.07, 6.45) is 1.75. The van der Waals surface area contributed by atoms with Gasteiger partial charge in [0.2, 0.25) is 5.91 Å². The molecular formula is C24H23FN4O3S. The zero-order valence-corrected chi connectivity index (χ0v) is 19.3. The number of hydrogen-bond donors (Lipinski definition) is 1. The van der Waals surface area contributed by atoms with E-state index in [0.717, 1.165) is 21.8 Å². The van der Waals surface area contributed by atoms with Gasteiger partial charge in [-0.05, 0) is 48.4 Å². The predicted molar refractivity (Wildman–Crippen MR) is 125 cm³/mol. The van der Waals surface area contributed by atoms with E-state index >= 15 is 0 Å². The van der Waals surface area contributed by atoms with E-state index in [1.54, 1.807) is 37.1 Å². The van der Waals surface area contributed by atoms with E-state index in [9.17, 15) is 9.18 Å². The lowest BCUT2D eigenvalue weighted by Crippen LogP contribution is -2.24. The summed E-state index contributed by atoms with van der Waals surface area (Å²) in [4.78, 5) is 17.0. The van der Waals surface area contributed by atoms with Gasteiger partial charge in [-0.25, -0.2) is 13.9 Å². The molecule has 2 aromatic carbocycles. The molecule has 4 rings (SSSR count). The van der Waals surface area contributed by atoms with E-state index < -0.39 is 0 Å². The number of thioether (sulfide) groups is 1. The van der Waals surface area contributed by atoms with E-state index in [0.29, 0.717) is 22.7 Å². The number of ether oxygens (including phenoxy) is 2. The third-order valence-corrected chi connectivity index (χ3v) is 5.98. The molecule has 2 aromatic heterocycles. The van der Waals surface area contributed by atoms with Crippen LogP contribution in [0.5, 0.6) is 11.5 Å². The standard InChI is InChI=1S/C24H23FN4O3S/c1-15-9-23(33-14-22(30)26-12-16-5-4-6-18(25)10-16)29-24(28-15)19(13-27-29)17-7-8-20(31-2)21(11-17)32-3/h4-11,13H,12,14H2,1-3H3,(H,26,30). The largest absolute Gasteiger partial charge is 0.493 e. The number of aromatic nitrogens is 3. The van der Waals surface area contributed by atoms with Gasteiger partial charge in [-0.15, -0.1) is 0 Å². The van der Waals surface area contributed by atoms with E-state index in [1.165, 1.54) is 23.9 Å². The smallest absolute Gasteiger partial charge is 0.230 e. The molecule has 0 saturated heterocycles. The minimum atomic E-state index is -0.324. The van der Waals surface area contributed by atoms with Crippen LogP contribution >= 0.6 is 11.8 Å². The molecule has 1 N–H and O–H groups in total. The van der Waals surface area contributed by atoms with Crippen LogP contribution in [0.25, 0.3) is 16.8 Å². The van der Waals surface area contributed by atoms with Crippen molar-refractivity contribution < 1.29 is 18.7 Å². The average molecular weight is 467 g/mol. The number of methoxy groups -OCH3 is 2. The molecule has 0 saturated carbocycles. The van der Waals surface area contributed by atoms with Crippen molar-refractivity contribution >= 4 is 23.3 Å². The Morgan fingerprint density at radius 3 is 2.70 bits per heavy atom. The van der Waals surface area contributed by atoms with Crippen molar-refractivity contribution in [2.45, 2.75) is 18.5 Å². The first-order valence-electron chi connectivity index (χ1n) is 10.2.